The van der Waals surface area contributed by atoms with Gasteiger partial charge < -0.3 is 5.11 Å². The lowest BCUT2D eigenvalue weighted by molar-refractivity contribution is 0.159. The molecule has 1 atom stereocenters. The van der Waals surface area contributed by atoms with Gasteiger partial charge in [0.25, 0.3) is 0 Å². The van der Waals surface area contributed by atoms with Crippen molar-refractivity contribution in [3.8, 4) is 0 Å². The summed E-state index contributed by atoms with van der Waals surface area (Å²) in [7, 11) is 0. The SMILES string of the molecule is OC(c1ccncc1)C(c1ccccc1)c1ccccc1. The van der Waals surface area contributed by atoms with E-state index < -0.39 is 6.10 Å². The maximum atomic E-state index is 10.9. The fourth-order valence-corrected chi connectivity index (χ4v) is 2.63. The molecule has 2 nitrogen and oxygen atoms in total. The average Bonchev–Trinajstić information content (AvgIpc) is 2.58. The van der Waals surface area contributed by atoms with E-state index in [2.05, 4.69) is 29.2 Å². The minimum Gasteiger partial charge on any atom is -0.387 e. The van der Waals surface area contributed by atoms with E-state index in [1.165, 1.54) is 0 Å². The van der Waals surface area contributed by atoms with Crippen LogP contribution in [0, 0.1) is 0 Å². The quantitative estimate of drug-likeness (QED) is 0.782. The Morgan fingerprint density at radius 3 is 1.57 bits per heavy atom. The minimum atomic E-state index is -0.599. The highest BCUT2D eigenvalue weighted by atomic mass is 16.3. The first-order valence-electron chi connectivity index (χ1n) is 7.04. The van der Waals surface area contributed by atoms with Crippen LogP contribution in [0.3, 0.4) is 0 Å². The number of pyridine rings is 1. The number of hydrogen-bond donors (Lipinski definition) is 1. The number of benzene rings is 2. The van der Waals surface area contributed by atoms with Crippen LogP contribution in [-0.4, -0.2) is 10.1 Å². The van der Waals surface area contributed by atoms with E-state index in [9.17, 15) is 5.11 Å². The van der Waals surface area contributed by atoms with Crippen LogP contribution in [0.2, 0.25) is 0 Å². The van der Waals surface area contributed by atoms with Crippen LogP contribution in [0.15, 0.2) is 85.2 Å². The zero-order chi connectivity index (χ0) is 14.5. The van der Waals surface area contributed by atoms with Gasteiger partial charge in [-0.15, -0.1) is 0 Å². The summed E-state index contributed by atoms with van der Waals surface area (Å²) < 4.78 is 0. The Balaban J connectivity index is 2.05. The predicted octanol–water partition coefficient (Wildman–Crippen LogP) is 3.95. The monoisotopic (exact) mass is 275 g/mol. The van der Waals surface area contributed by atoms with Crippen molar-refractivity contribution >= 4 is 0 Å². The van der Waals surface area contributed by atoms with Crippen molar-refractivity contribution in [2.75, 3.05) is 0 Å². The Morgan fingerprint density at radius 1 is 0.619 bits per heavy atom. The molecule has 3 aromatic rings. The first-order valence-corrected chi connectivity index (χ1v) is 7.04. The highest BCUT2D eigenvalue weighted by Crippen LogP contribution is 2.36. The molecule has 0 aliphatic rings. The molecule has 3 rings (SSSR count). The topological polar surface area (TPSA) is 33.1 Å². The molecule has 1 unspecified atom stereocenters. The normalized spacial score (nSPS) is 12.3. The molecule has 21 heavy (non-hydrogen) atoms. The lowest BCUT2D eigenvalue weighted by Gasteiger charge is -2.24. The van der Waals surface area contributed by atoms with E-state index >= 15 is 0 Å². The van der Waals surface area contributed by atoms with Crippen molar-refractivity contribution in [3.63, 3.8) is 0 Å². The zero-order valence-electron chi connectivity index (χ0n) is 11.6. The fraction of sp³-hybridized carbons (Fsp3) is 0.105. The van der Waals surface area contributed by atoms with Crippen molar-refractivity contribution in [2.45, 2.75) is 12.0 Å². The molecule has 0 aliphatic carbocycles. The summed E-state index contributed by atoms with van der Waals surface area (Å²) in [6.07, 6.45) is 2.83. The van der Waals surface area contributed by atoms with E-state index in [0.29, 0.717) is 0 Å². The summed E-state index contributed by atoms with van der Waals surface area (Å²) in [6.45, 7) is 0. The Labute approximate surface area is 124 Å². The summed E-state index contributed by atoms with van der Waals surface area (Å²) in [5, 5.41) is 10.9. The van der Waals surface area contributed by atoms with Gasteiger partial charge in [-0.2, -0.15) is 0 Å². The van der Waals surface area contributed by atoms with Crippen LogP contribution in [0.25, 0.3) is 0 Å². The number of hydrogen-bond acceptors (Lipinski definition) is 2. The molecule has 1 N–H and O–H groups in total. The van der Waals surface area contributed by atoms with E-state index in [1.54, 1.807) is 12.4 Å². The standard InChI is InChI=1S/C19H17NO/c21-19(17-11-13-20-14-12-17)18(15-7-3-1-4-8-15)16-9-5-2-6-10-16/h1-14,18-19,21H. The molecule has 2 aromatic carbocycles. The van der Waals surface area contributed by atoms with Gasteiger partial charge in [-0.3, -0.25) is 4.98 Å². The van der Waals surface area contributed by atoms with Crippen molar-refractivity contribution in [2.24, 2.45) is 0 Å². The molecule has 0 radical (unpaired) electrons. The molecule has 1 aromatic heterocycles. The molecule has 0 spiro atoms. The maximum Gasteiger partial charge on any atom is 0.0900 e. The molecule has 2 heteroatoms. The van der Waals surface area contributed by atoms with Gasteiger partial charge in [-0.05, 0) is 28.8 Å². The molecule has 1 heterocycles. The van der Waals surface area contributed by atoms with Crippen molar-refractivity contribution in [1.82, 2.24) is 4.98 Å². The van der Waals surface area contributed by atoms with Crippen LogP contribution in [0.4, 0.5) is 0 Å². The van der Waals surface area contributed by atoms with Crippen LogP contribution in [0.5, 0.6) is 0 Å². The second kappa shape index (κ2) is 6.33. The summed E-state index contributed by atoms with van der Waals surface area (Å²) in [5.41, 5.74) is 3.09. The predicted molar refractivity (Wildman–Crippen MR) is 83.9 cm³/mol. The number of aromatic nitrogens is 1. The lowest BCUT2D eigenvalue weighted by atomic mass is 9.84. The second-order valence-electron chi connectivity index (χ2n) is 5.02. The third-order valence-electron chi connectivity index (χ3n) is 3.68. The number of aliphatic hydroxyl groups is 1. The first kappa shape index (κ1) is 13.5. The van der Waals surface area contributed by atoms with E-state index in [0.717, 1.165) is 16.7 Å². The highest BCUT2D eigenvalue weighted by molar-refractivity contribution is 5.36. The second-order valence-corrected chi connectivity index (χ2v) is 5.02. The van der Waals surface area contributed by atoms with E-state index in [-0.39, 0.29) is 5.92 Å². The van der Waals surface area contributed by atoms with Gasteiger partial charge in [-0.1, -0.05) is 60.7 Å². The maximum absolute atomic E-state index is 10.9. The molecular formula is C19H17NO. The van der Waals surface area contributed by atoms with Crippen LogP contribution in [0.1, 0.15) is 28.7 Å². The van der Waals surface area contributed by atoms with Crippen molar-refractivity contribution < 1.29 is 5.11 Å². The van der Waals surface area contributed by atoms with Crippen molar-refractivity contribution in [1.29, 1.82) is 0 Å². The third-order valence-corrected chi connectivity index (χ3v) is 3.68. The molecule has 0 amide bonds. The molecule has 0 bridgehead atoms. The summed E-state index contributed by atoms with van der Waals surface area (Å²) in [5.74, 6) is -0.0881. The molecular weight excluding hydrogens is 258 g/mol. The Morgan fingerprint density at radius 2 is 1.10 bits per heavy atom. The van der Waals surface area contributed by atoms with E-state index in [4.69, 9.17) is 0 Å². The largest absolute Gasteiger partial charge is 0.387 e. The van der Waals surface area contributed by atoms with Gasteiger partial charge in [0.1, 0.15) is 0 Å². The molecule has 0 saturated heterocycles. The fourth-order valence-electron chi connectivity index (χ4n) is 2.63. The lowest BCUT2D eigenvalue weighted by Crippen LogP contribution is -2.12. The number of rotatable bonds is 4. The van der Waals surface area contributed by atoms with E-state index in [1.807, 2.05) is 48.5 Å². The van der Waals surface area contributed by atoms with Gasteiger partial charge in [0.2, 0.25) is 0 Å². The molecule has 0 aliphatic heterocycles. The Hall–Kier alpha value is -2.45. The third kappa shape index (κ3) is 3.01. The average molecular weight is 275 g/mol. The molecule has 104 valence electrons. The van der Waals surface area contributed by atoms with Gasteiger partial charge in [0, 0.05) is 18.3 Å². The van der Waals surface area contributed by atoms with Crippen LogP contribution >= 0.6 is 0 Å². The Bertz CT molecular complexity index is 628. The summed E-state index contributed by atoms with van der Waals surface area (Å²) in [4.78, 5) is 4.02. The zero-order valence-corrected chi connectivity index (χ0v) is 11.6. The molecule has 0 fully saturated rings. The van der Waals surface area contributed by atoms with Crippen LogP contribution < -0.4 is 0 Å². The van der Waals surface area contributed by atoms with Crippen molar-refractivity contribution in [3.05, 3.63) is 102 Å². The Kier molecular flexibility index (Phi) is 4.08. The van der Waals surface area contributed by atoms with Gasteiger partial charge in [-0.25, -0.2) is 0 Å². The smallest absolute Gasteiger partial charge is 0.0900 e. The molecule has 0 saturated carbocycles. The summed E-state index contributed by atoms with van der Waals surface area (Å²) in [6, 6.07) is 24.0. The highest BCUT2D eigenvalue weighted by Gasteiger charge is 2.24. The van der Waals surface area contributed by atoms with Gasteiger partial charge in [0.05, 0.1) is 6.10 Å². The van der Waals surface area contributed by atoms with Crippen LogP contribution in [-0.2, 0) is 0 Å². The van der Waals surface area contributed by atoms with Gasteiger partial charge in [0.15, 0.2) is 0 Å². The number of nitrogens with zero attached hydrogens (tertiary/aromatic N) is 1. The van der Waals surface area contributed by atoms with Gasteiger partial charge >= 0.3 is 0 Å². The first-order chi connectivity index (χ1) is 10.4. The summed E-state index contributed by atoms with van der Waals surface area (Å²) >= 11 is 0. The minimum absolute atomic E-state index is 0.0881. The number of aliphatic hydroxyl groups excluding tert-OH is 1.